The van der Waals surface area contributed by atoms with Gasteiger partial charge in [0.15, 0.2) is 22.4 Å². The normalized spacial score (nSPS) is 26.1. The Labute approximate surface area is 187 Å². The van der Waals surface area contributed by atoms with Gasteiger partial charge in [-0.1, -0.05) is 29.8 Å². The molecule has 32 heavy (non-hydrogen) atoms. The van der Waals surface area contributed by atoms with E-state index in [0.29, 0.717) is 29.1 Å². The van der Waals surface area contributed by atoms with Crippen molar-refractivity contribution in [3.8, 4) is 5.75 Å². The highest BCUT2D eigenvalue weighted by Gasteiger charge is 2.40. The van der Waals surface area contributed by atoms with Crippen molar-refractivity contribution in [2.75, 3.05) is 20.2 Å². The van der Waals surface area contributed by atoms with Crippen LogP contribution in [0.25, 0.3) is 0 Å². The smallest absolute Gasteiger partial charge is 0.486 e. The largest absolute Gasteiger partial charge is 0.573 e. The summed E-state index contributed by atoms with van der Waals surface area (Å²) >= 11 is 6.48. The third-order valence-electron chi connectivity index (χ3n) is 5.05. The molecule has 0 aliphatic carbocycles. The number of rotatable bonds is 2. The summed E-state index contributed by atoms with van der Waals surface area (Å²) in [6, 6.07) is 5.26. The van der Waals surface area contributed by atoms with E-state index < -0.39 is 12.0 Å². The lowest BCUT2D eigenvalue weighted by Gasteiger charge is -2.31. The van der Waals surface area contributed by atoms with Crippen molar-refractivity contribution in [3.05, 3.63) is 53.1 Å². The highest BCUT2D eigenvalue weighted by molar-refractivity contribution is 6.69. The monoisotopic (exact) mass is 472 g/mol. The maximum atomic E-state index is 14.8. The number of hydrogen-bond donors (Lipinski definition) is 0. The van der Waals surface area contributed by atoms with Crippen molar-refractivity contribution in [2.45, 2.75) is 38.3 Å². The van der Waals surface area contributed by atoms with Crippen molar-refractivity contribution < 1.29 is 27.0 Å². The standard InChI is InChI=1S/C21H21ClF4N4O2/c1-12-7-8-15-17-16(29(3)10-20(2,23)11-31-17)18(22)28-30(15)19(27-12)13-5-4-6-14(9-13)32-21(24,25)26/h4-6,8-9,12H,7,10-11H2,1-3H3. The quantitative estimate of drug-likeness (QED) is 0.581. The Morgan fingerprint density at radius 2 is 2.06 bits per heavy atom. The van der Waals surface area contributed by atoms with E-state index in [4.69, 9.17) is 16.3 Å². The van der Waals surface area contributed by atoms with Crippen molar-refractivity contribution >= 4 is 22.6 Å². The molecule has 0 spiro atoms. The molecule has 0 bridgehead atoms. The first-order valence-corrected chi connectivity index (χ1v) is 10.3. The van der Waals surface area contributed by atoms with Crippen LogP contribution in [-0.4, -0.2) is 59.2 Å². The number of hydrazone groups is 1. The van der Waals surface area contributed by atoms with Gasteiger partial charge in [-0.15, -0.1) is 13.2 Å². The minimum atomic E-state index is -4.83. The Hall–Kier alpha value is -2.75. The van der Waals surface area contributed by atoms with Crippen LogP contribution >= 0.6 is 11.6 Å². The number of fused-ring (bicyclic) bond motifs is 2. The van der Waals surface area contributed by atoms with Gasteiger partial charge in [0.25, 0.3) is 0 Å². The fourth-order valence-electron chi connectivity index (χ4n) is 3.78. The minimum absolute atomic E-state index is 0.0546. The number of ether oxygens (including phenoxy) is 2. The second kappa shape index (κ2) is 7.99. The number of amidine groups is 1. The van der Waals surface area contributed by atoms with Crippen molar-refractivity contribution in [3.63, 3.8) is 0 Å². The van der Waals surface area contributed by atoms with Gasteiger partial charge in [-0.05, 0) is 32.4 Å². The highest BCUT2D eigenvalue weighted by Crippen LogP contribution is 2.37. The van der Waals surface area contributed by atoms with E-state index in [1.165, 1.54) is 30.1 Å². The molecule has 4 rings (SSSR count). The summed E-state index contributed by atoms with van der Waals surface area (Å²) in [7, 11) is 1.70. The molecule has 1 aromatic carbocycles. The first kappa shape index (κ1) is 22.4. The summed E-state index contributed by atoms with van der Waals surface area (Å²) in [5.41, 5.74) is -0.328. The molecular formula is C21H21ClF4N4O2. The molecule has 0 radical (unpaired) electrons. The third-order valence-corrected chi connectivity index (χ3v) is 5.30. The Kier molecular flexibility index (Phi) is 5.60. The minimum Gasteiger partial charge on any atom is -0.486 e. The van der Waals surface area contributed by atoms with Gasteiger partial charge < -0.3 is 14.4 Å². The number of halogens is 5. The summed E-state index contributed by atoms with van der Waals surface area (Å²) in [5.74, 6) is 0.237. The zero-order chi connectivity index (χ0) is 23.3. The van der Waals surface area contributed by atoms with Crippen molar-refractivity contribution in [1.29, 1.82) is 0 Å². The summed E-state index contributed by atoms with van der Waals surface area (Å²) in [6.07, 6.45) is -2.46. The molecule has 11 heteroatoms. The average molecular weight is 473 g/mol. The average Bonchev–Trinajstić information content (AvgIpc) is 2.90. The van der Waals surface area contributed by atoms with Crippen LogP contribution in [0, 0.1) is 0 Å². The number of allylic oxidation sites excluding steroid dienone is 1. The van der Waals surface area contributed by atoms with E-state index in [9.17, 15) is 17.6 Å². The molecule has 2 atom stereocenters. The number of nitrogens with zero attached hydrogens (tertiary/aromatic N) is 4. The summed E-state index contributed by atoms with van der Waals surface area (Å²) in [6.45, 7) is 3.17. The van der Waals surface area contributed by atoms with Crippen LogP contribution in [0.1, 0.15) is 25.8 Å². The molecule has 0 amide bonds. The van der Waals surface area contributed by atoms with Gasteiger partial charge in [0.2, 0.25) is 0 Å². The maximum absolute atomic E-state index is 14.8. The summed E-state index contributed by atoms with van der Waals surface area (Å²) in [4.78, 5) is 6.28. The number of aliphatic imine (C=N–C) groups is 1. The Morgan fingerprint density at radius 1 is 1.31 bits per heavy atom. The van der Waals surface area contributed by atoms with E-state index in [-0.39, 0.29) is 35.9 Å². The lowest BCUT2D eigenvalue weighted by Crippen LogP contribution is -2.38. The van der Waals surface area contributed by atoms with Gasteiger partial charge in [0.05, 0.1) is 12.6 Å². The van der Waals surface area contributed by atoms with Gasteiger partial charge in [0.1, 0.15) is 23.8 Å². The van der Waals surface area contributed by atoms with Crippen LogP contribution < -0.4 is 4.74 Å². The van der Waals surface area contributed by atoms with Crippen LogP contribution in [0.5, 0.6) is 5.75 Å². The lowest BCUT2D eigenvalue weighted by atomic mass is 10.1. The van der Waals surface area contributed by atoms with Crippen molar-refractivity contribution in [1.82, 2.24) is 9.91 Å². The number of alkyl halides is 4. The Morgan fingerprint density at radius 3 is 2.78 bits per heavy atom. The zero-order valence-corrected chi connectivity index (χ0v) is 18.3. The van der Waals surface area contributed by atoms with Crippen LogP contribution in [0.2, 0.25) is 0 Å². The first-order valence-electron chi connectivity index (χ1n) is 9.90. The van der Waals surface area contributed by atoms with Gasteiger partial charge in [-0.3, -0.25) is 4.99 Å². The topological polar surface area (TPSA) is 49.7 Å². The fourth-order valence-corrected chi connectivity index (χ4v) is 4.09. The summed E-state index contributed by atoms with van der Waals surface area (Å²) < 4.78 is 62.9. The molecule has 0 saturated carbocycles. The SMILES string of the molecule is CC1CC=C2C3=C(C(Cl)=NN2C(c2cccc(OC(F)(F)F)c2)=N1)N(C)CC(C)(F)CO3. The molecule has 2 unspecified atom stereocenters. The van der Waals surface area contributed by atoms with Gasteiger partial charge in [-0.2, -0.15) is 5.10 Å². The molecule has 6 nitrogen and oxygen atoms in total. The molecular weight excluding hydrogens is 452 g/mol. The molecule has 172 valence electrons. The van der Waals surface area contributed by atoms with E-state index in [2.05, 4.69) is 14.8 Å². The fraction of sp³-hybridized carbons (Fsp3) is 0.429. The van der Waals surface area contributed by atoms with Gasteiger partial charge in [-0.25, -0.2) is 9.40 Å². The van der Waals surface area contributed by atoms with Crippen LogP contribution in [0.4, 0.5) is 17.6 Å². The van der Waals surface area contributed by atoms with Gasteiger partial charge >= 0.3 is 6.36 Å². The molecule has 3 aliphatic rings. The predicted molar refractivity (Wildman–Crippen MR) is 112 cm³/mol. The molecule has 1 aromatic rings. The molecule has 0 N–H and O–H groups in total. The molecule has 0 aromatic heterocycles. The highest BCUT2D eigenvalue weighted by atomic mass is 35.5. The second-order valence-electron chi connectivity index (χ2n) is 8.14. The Bertz CT molecular complexity index is 1050. The van der Waals surface area contributed by atoms with E-state index in [1.54, 1.807) is 18.0 Å². The van der Waals surface area contributed by atoms with Crippen LogP contribution in [0.3, 0.4) is 0 Å². The zero-order valence-electron chi connectivity index (χ0n) is 17.6. The van der Waals surface area contributed by atoms with E-state index in [1.807, 2.05) is 13.0 Å². The predicted octanol–water partition coefficient (Wildman–Crippen LogP) is 4.78. The van der Waals surface area contributed by atoms with Crippen LogP contribution in [0.15, 0.2) is 57.6 Å². The summed E-state index contributed by atoms with van der Waals surface area (Å²) in [5, 5.41) is 5.92. The Balaban J connectivity index is 1.78. The molecule has 3 heterocycles. The van der Waals surface area contributed by atoms with Gasteiger partial charge in [0, 0.05) is 12.6 Å². The van der Waals surface area contributed by atoms with E-state index >= 15 is 0 Å². The lowest BCUT2D eigenvalue weighted by molar-refractivity contribution is -0.274. The van der Waals surface area contributed by atoms with Crippen molar-refractivity contribution in [2.24, 2.45) is 10.1 Å². The number of hydrogen-bond acceptors (Lipinski definition) is 6. The van der Waals surface area contributed by atoms with E-state index in [0.717, 1.165) is 0 Å². The second-order valence-corrected chi connectivity index (χ2v) is 8.50. The molecule has 0 saturated heterocycles. The maximum Gasteiger partial charge on any atom is 0.573 e. The molecule has 0 fully saturated rings. The number of benzene rings is 1. The third kappa shape index (κ3) is 4.55. The first-order chi connectivity index (χ1) is 14.9. The molecule has 3 aliphatic heterocycles. The van der Waals surface area contributed by atoms with Crippen LogP contribution in [-0.2, 0) is 4.74 Å².